The maximum atomic E-state index is 11.8. The number of carboxylic acid groups (broad SMARTS) is 1. The van der Waals surface area contributed by atoms with E-state index in [1.54, 1.807) is 12.1 Å². The molecule has 1 aromatic heterocycles. The van der Waals surface area contributed by atoms with Gasteiger partial charge in [0.2, 0.25) is 5.91 Å². The highest BCUT2D eigenvalue weighted by atomic mass is 32.1. The van der Waals surface area contributed by atoms with Gasteiger partial charge in [0.15, 0.2) is 6.04 Å². The molecule has 1 atom stereocenters. The van der Waals surface area contributed by atoms with Crippen molar-refractivity contribution in [3.63, 3.8) is 0 Å². The van der Waals surface area contributed by atoms with Crippen LogP contribution in [0.1, 0.15) is 30.2 Å². The van der Waals surface area contributed by atoms with E-state index in [1.807, 2.05) is 5.38 Å². The molecule has 6 heteroatoms. The summed E-state index contributed by atoms with van der Waals surface area (Å²) in [5.74, 6) is -1.22. The van der Waals surface area contributed by atoms with Crippen molar-refractivity contribution in [2.24, 2.45) is 0 Å². The summed E-state index contributed by atoms with van der Waals surface area (Å²) in [5, 5.41) is 13.6. The highest BCUT2D eigenvalue weighted by molar-refractivity contribution is 7.10. The average molecular weight is 282 g/mol. The normalized spacial score (nSPS) is 17.3. The van der Waals surface area contributed by atoms with E-state index < -0.39 is 12.0 Å². The molecule has 0 aliphatic carbocycles. The smallest absolute Gasteiger partial charge is 0.331 e. The van der Waals surface area contributed by atoms with E-state index in [0.717, 1.165) is 13.1 Å². The summed E-state index contributed by atoms with van der Waals surface area (Å²) in [7, 11) is 0. The van der Waals surface area contributed by atoms with E-state index in [-0.39, 0.29) is 5.91 Å². The summed E-state index contributed by atoms with van der Waals surface area (Å²) in [6, 6.07) is 2.59. The van der Waals surface area contributed by atoms with Crippen molar-refractivity contribution in [1.82, 2.24) is 10.2 Å². The molecular formula is C13H18N2O3S. The number of rotatable bonds is 6. The molecule has 0 spiro atoms. The van der Waals surface area contributed by atoms with Crippen LogP contribution in [0.2, 0.25) is 0 Å². The Labute approximate surface area is 116 Å². The Kier molecular flexibility index (Phi) is 4.93. The van der Waals surface area contributed by atoms with Crippen molar-refractivity contribution in [2.75, 3.05) is 19.6 Å². The fourth-order valence-corrected chi connectivity index (χ4v) is 2.98. The molecule has 0 aromatic carbocycles. The lowest BCUT2D eigenvalue weighted by Crippen LogP contribution is -2.35. The van der Waals surface area contributed by atoms with Gasteiger partial charge >= 0.3 is 5.97 Å². The van der Waals surface area contributed by atoms with Gasteiger partial charge < -0.3 is 15.3 Å². The Morgan fingerprint density at radius 2 is 2.16 bits per heavy atom. The summed E-state index contributed by atoms with van der Waals surface area (Å²) < 4.78 is 0. The lowest BCUT2D eigenvalue weighted by atomic mass is 10.2. The van der Waals surface area contributed by atoms with Gasteiger partial charge in [0, 0.05) is 17.8 Å². The molecule has 1 saturated heterocycles. The van der Waals surface area contributed by atoms with Crippen molar-refractivity contribution in [3.8, 4) is 0 Å². The van der Waals surface area contributed by atoms with E-state index in [0.29, 0.717) is 17.8 Å². The lowest BCUT2D eigenvalue weighted by molar-refractivity contribution is -0.142. The van der Waals surface area contributed by atoms with Gasteiger partial charge in [0.05, 0.1) is 0 Å². The van der Waals surface area contributed by atoms with Crippen molar-refractivity contribution in [1.29, 1.82) is 0 Å². The second kappa shape index (κ2) is 6.68. The Balaban J connectivity index is 1.83. The first-order valence-electron chi connectivity index (χ1n) is 6.45. The minimum atomic E-state index is -1.02. The molecule has 0 bridgehead atoms. The van der Waals surface area contributed by atoms with Gasteiger partial charge in [-0.2, -0.15) is 0 Å². The van der Waals surface area contributed by atoms with Crippen molar-refractivity contribution >= 4 is 23.2 Å². The number of nitrogens with zero attached hydrogens (tertiary/aromatic N) is 1. The number of amides is 1. The van der Waals surface area contributed by atoms with E-state index in [1.165, 1.54) is 24.2 Å². The lowest BCUT2D eigenvalue weighted by Gasteiger charge is -2.16. The number of carbonyl (C=O) groups excluding carboxylic acids is 1. The third-order valence-corrected chi connectivity index (χ3v) is 4.17. The molecule has 1 amide bonds. The van der Waals surface area contributed by atoms with Crippen LogP contribution in [0.15, 0.2) is 17.5 Å². The maximum Gasteiger partial charge on any atom is 0.331 e. The second-order valence-corrected chi connectivity index (χ2v) is 5.63. The van der Waals surface area contributed by atoms with Crippen LogP contribution in [0.25, 0.3) is 0 Å². The number of thiophene rings is 1. The molecule has 5 nitrogen and oxygen atoms in total. The molecule has 1 aliphatic heterocycles. The largest absolute Gasteiger partial charge is 0.479 e. The highest BCUT2D eigenvalue weighted by Crippen LogP contribution is 2.19. The van der Waals surface area contributed by atoms with E-state index in [9.17, 15) is 9.59 Å². The SMILES string of the molecule is O=C(CCN1CCCC1)NC(C(=O)O)c1cccs1. The fraction of sp³-hybridized carbons (Fsp3) is 0.538. The highest BCUT2D eigenvalue weighted by Gasteiger charge is 2.23. The summed E-state index contributed by atoms with van der Waals surface area (Å²) in [6.07, 6.45) is 2.73. The zero-order valence-corrected chi connectivity index (χ0v) is 11.5. The monoisotopic (exact) mass is 282 g/mol. The summed E-state index contributed by atoms with van der Waals surface area (Å²) >= 11 is 1.34. The Hall–Kier alpha value is -1.40. The number of likely N-dealkylation sites (tertiary alicyclic amines) is 1. The van der Waals surface area contributed by atoms with Gasteiger partial charge in [-0.3, -0.25) is 4.79 Å². The Morgan fingerprint density at radius 1 is 1.42 bits per heavy atom. The first-order valence-corrected chi connectivity index (χ1v) is 7.32. The first kappa shape index (κ1) is 14.0. The quantitative estimate of drug-likeness (QED) is 0.829. The first-order chi connectivity index (χ1) is 9.16. The minimum Gasteiger partial charge on any atom is -0.479 e. The molecule has 0 radical (unpaired) electrons. The predicted octanol–water partition coefficient (Wildman–Crippen LogP) is 1.48. The Bertz CT molecular complexity index is 427. The van der Waals surface area contributed by atoms with Crippen LogP contribution in [0, 0.1) is 0 Å². The van der Waals surface area contributed by atoms with E-state index >= 15 is 0 Å². The number of hydrogen-bond acceptors (Lipinski definition) is 4. The number of nitrogens with one attached hydrogen (secondary N) is 1. The van der Waals surface area contributed by atoms with Gasteiger partial charge in [-0.15, -0.1) is 11.3 Å². The standard InChI is InChI=1S/C13H18N2O3S/c16-11(5-8-15-6-1-2-7-15)14-12(13(17)18)10-4-3-9-19-10/h3-4,9,12H,1-2,5-8H2,(H,14,16)(H,17,18). The molecule has 0 saturated carbocycles. The summed E-state index contributed by atoms with van der Waals surface area (Å²) in [6.45, 7) is 2.80. The van der Waals surface area contributed by atoms with E-state index in [4.69, 9.17) is 5.11 Å². The molecule has 2 N–H and O–H groups in total. The minimum absolute atomic E-state index is 0.201. The molecule has 19 heavy (non-hydrogen) atoms. The third-order valence-electron chi connectivity index (χ3n) is 3.23. The Morgan fingerprint density at radius 3 is 2.74 bits per heavy atom. The number of aliphatic carboxylic acids is 1. The van der Waals surface area contributed by atoms with Crippen molar-refractivity contribution < 1.29 is 14.7 Å². The van der Waals surface area contributed by atoms with Gasteiger partial charge in [-0.05, 0) is 37.4 Å². The number of carboxylic acids is 1. The van der Waals surface area contributed by atoms with E-state index in [2.05, 4.69) is 10.2 Å². The van der Waals surface area contributed by atoms with Crippen LogP contribution in [-0.4, -0.2) is 41.5 Å². The molecule has 1 aromatic rings. The molecule has 1 fully saturated rings. The third kappa shape index (κ3) is 4.04. The molecule has 104 valence electrons. The maximum absolute atomic E-state index is 11.8. The number of carbonyl (C=O) groups is 2. The van der Waals surface area contributed by atoms with Crippen molar-refractivity contribution in [3.05, 3.63) is 22.4 Å². The molecule has 2 heterocycles. The summed E-state index contributed by atoms with van der Waals surface area (Å²) in [4.78, 5) is 25.9. The average Bonchev–Trinajstić information content (AvgIpc) is 3.05. The topological polar surface area (TPSA) is 69.6 Å². The zero-order chi connectivity index (χ0) is 13.7. The zero-order valence-electron chi connectivity index (χ0n) is 10.7. The number of hydrogen-bond donors (Lipinski definition) is 2. The molecule has 1 aliphatic rings. The predicted molar refractivity (Wildman–Crippen MR) is 73.1 cm³/mol. The van der Waals surface area contributed by atoms with Crippen LogP contribution < -0.4 is 5.32 Å². The van der Waals surface area contributed by atoms with Crippen LogP contribution >= 0.6 is 11.3 Å². The molecule has 1 unspecified atom stereocenters. The van der Waals surface area contributed by atoms with Gasteiger partial charge in [0.1, 0.15) is 0 Å². The molecular weight excluding hydrogens is 264 g/mol. The van der Waals surface area contributed by atoms with Crippen LogP contribution in [-0.2, 0) is 9.59 Å². The van der Waals surface area contributed by atoms with Crippen LogP contribution in [0.4, 0.5) is 0 Å². The summed E-state index contributed by atoms with van der Waals surface area (Å²) in [5.41, 5.74) is 0. The van der Waals surface area contributed by atoms with Gasteiger partial charge in [-0.25, -0.2) is 4.79 Å². The van der Waals surface area contributed by atoms with Gasteiger partial charge in [-0.1, -0.05) is 6.07 Å². The van der Waals surface area contributed by atoms with Crippen LogP contribution in [0.3, 0.4) is 0 Å². The van der Waals surface area contributed by atoms with Crippen LogP contribution in [0.5, 0.6) is 0 Å². The van der Waals surface area contributed by atoms with Gasteiger partial charge in [0.25, 0.3) is 0 Å². The second-order valence-electron chi connectivity index (χ2n) is 4.65. The fourth-order valence-electron chi connectivity index (χ4n) is 2.21. The van der Waals surface area contributed by atoms with Crippen molar-refractivity contribution in [2.45, 2.75) is 25.3 Å². The molecule has 2 rings (SSSR count).